The van der Waals surface area contributed by atoms with Crippen molar-refractivity contribution in [1.82, 2.24) is 0 Å². The molecule has 0 fully saturated rings. The summed E-state index contributed by atoms with van der Waals surface area (Å²) < 4.78 is 9.84. The molecule has 0 bridgehead atoms. The highest BCUT2D eigenvalue weighted by molar-refractivity contribution is 5.79. The standard InChI is InChI=1S/C18H26O5/c1-4-22-18(21)14(3)11-17(20)23-12-16(19)10-9-15-7-5-13(2)6-8-15/h5-8,14,16,19H,4,9-12H2,1-3H3. The Bertz CT molecular complexity index is 495. The number of esters is 2. The van der Waals surface area contributed by atoms with Crippen LogP contribution in [-0.2, 0) is 25.5 Å². The van der Waals surface area contributed by atoms with Crippen molar-refractivity contribution < 1.29 is 24.2 Å². The molecule has 2 atom stereocenters. The third kappa shape index (κ3) is 7.79. The van der Waals surface area contributed by atoms with Gasteiger partial charge in [0.2, 0.25) is 0 Å². The minimum absolute atomic E-state index is 0.0382. The first kappa shape index (κ1) is 19.2. The van der Waals surface area contributed by atoms with Crippen LogP contribution >= 0.6 is 0 Å². The predicted octanol–water partition coefficient (Wildman–Crippen LogP) is 2.42. The van der Waals surface area contributed by atoms with E-state index in [1.165, 1.54) is 5.56 Å². The van der Waals surface area contributed by atoms with Crippen molar-refractivity contribution in [3.8, 4) is 0 Å². The summed E-state index contributed by atoms with van der Waals surface area (Å²) in [5, 5.41) is 9.87. The van der Waals surface area contributed by atoms with Gasteiger partial charge in [-0.05, 0) is 32.3 Å². The molecule has 0 aromatic heterocycles. The predicted molar refractivity (Wildman–Crippen MR) is 86.9 cm³/mol. The molecule has 0 aliphatic carbocycles. The normalized spacial score (nSPS) is 13.2. The first-order valence-corrected chi connectivity index (χ1v) is 7.98. The Morgan fingerprint density at radius 1 is 1.17 bits per heavy atom. The third-order valence-corrected chi connectivity index (χ3v) is 3.49. The molecule has 23 heavy (non-hydrogen) atoms. The van der Waals surface area contributed by atoms with Crippen molar-refractivity contribution in [1.29, 1.82) is 0 Å². The van der Waals surface area contributed by atoms with E-state index >= 15 is 0 Å². The molecule has 0 spiro atoms. The first-order valence-electron chi connectivity index (χ1n) is 7.98. The fourth-order valence-corrected chi connectivity index (χ4v) is 2.04. The average molecular weight is 322 g/mol. The van der Waals surface area contributed by atoms with Crippen LogP contribution in [0.25, 0.3) is 0 Å². The summed E-state index contributed by atoms with van der Waals surface area (Å²) in [5.41, 5.74) is 2.33. The largest absolute Gasteiger partial charge is 0.466 e. The Morgan fingerprint density at radius 2 is 1.83 bits per heavy atom. The molecule has 0 saturated carbocycles. The number of hydrogen-bond donors (Lipinski definition) is 1. The van der Waals surface area contributed by atoms with E-state index in [0.29, 0.717) is 6.42 Å². The zero-order valence-corrected chi connectivity index (χ0v) is 14.1. The maximum absolute atomic E-state index is 11.6. The van der Waals surface area contributed by atoms with Gasteiger partial charge in [0.15, 0.2) is 0 Å². The number of benzene rings is 1. The first-order chi connectivity index (χ1) is 10.9. The Kier molecular flexibility index (Phi) is 8.33. The summed E-state index contributed by atoms with van der Waals surface area (Å²) in [6.07, 6.45) is 0.490. The van der Waals surface area contributed by atoms with Gasteiger partial charge in [-0.2, -0.15) is 0 Å². The molecule has 1 rings (SSSR count). The van der Waals surface area contributed by atoms with Gasteiger partial charge in [0.25, 0.3) is 0 Å². The Hall–Kier alpha value is -1.88. The molecule has 1 aromatic carbocycles. The van der Waals surface area contributed by atoms with Crippen LogP contribution in [0.2, 0.25) is 0 Å². The van der Waals surface area contributed by atoms with Crippen LogP contribution in [0.3, 0.4) is 0 Å². The highest BCUT2D eigenvalue weighted by atomic mass is 16.5. The van der Waals surface area contributed by atoms with Gasteiger partial charge in [0.1, 0.15) is 6.61 Å². The van der Waals surface area contributed by atoms with Crippen molar-refractivity contribution in [2.75, 3.05) is 13.2 Å². The molecule has 0 aliphatic rings. The second-order valence-corrected chi connectivity index (χ2v) is 5.72. The number of aliphatic hydroxyl groups is 1. The lowest BCUT2D eigenvalue weighted by Crippen LogP contribution is -2.23. The van der Waals surface area contributed by atoms with Gasteiger partial charge < -0.3 is 14.6 Å². The number of ether oxygens (including phenoxy) is 2. The molecular formula is C18H26O5. The summed E-state index contributed by atoms with van der Waals surface area (Å²) in [7, 11) is 0. The van der Waals surface area contributed by atoms with Crippen LogP contribution in [0.15, 0.2) is 24.3 Å². The Labute approximate surface area is 137 Å². The van der Waals surface area contributed by atoms with Crippen molar-refractivity contribution >= 4 is 11.9 Å². The summed E-state index contributed by atoms with van der Waals surface area (Å²) in [5.74, 6) is -1.45. The minimum Gasteiger partial charge on any atom is -0.466 e. The minimum atomic E-state index is -0.710. The second kappa shape index (κ2) is 10.0. The second-order valence-electron chi connectivity index (χ2n) is 5.72. The number of carbonyl (C=O) groups excluding carboxylic acids is 2. The molecule has 2 unspecified atom stereocenters. The highest BCUT2D eigenvalue weighted by Crippen LogP contribution is 2.09. The molecular weight excluding hydrogens is 296 g/mol. The van der Waals surface area contributed by atoms with Crippen LogP contribution in [0.5, 0.6) is 0 Å². The fraction of sp³-hybridized carbons (Fsp3) is 0.556. The smallest absolute Gasteiger partial charge is 0.309 e. The van der Waals surface area contributed by atoms with Crippen molar-refractivity contribution in [2.24, 2.45) is 5.92 Å². The number of aryl methyl sites for hydroxylation is 2. The molecule has 0 heterocycles. The van der Waals surface area contributed by atoms with E-state index < -0.39 is 24.0 Å². The van der Waals surface area contributed by atoms with E-state index in [1.54, 1.807) is 13.8 Å². The van der Waals surface area contributed by atoms with E-state index in [-0.39, 0.29) is 19.6 Å². The molecule has 0 amide bonds. The maximum Gasteiger partial charge on any atom is 0.309 e. The van der Waals surface area contributed by atoms with E-state index in [4.69, 9.17) is 9.47 Å². The van der Waals surface area contributed by atoms with Crippen LogP contribution in [0.1, 0.15) is 37.8 Å². The van der Waals surface area contributed by atoms with Crippen molar-refractivity contribution in [3.63, 3.8) is 0 Å². The lowest BCUT2D eigenvalue weighted by atomic mass is 10.1. The SMILES string of the molecule is CCOC(=O)C(C)CC(=O)OCC(O)CCc1ccc(C)cc1. The molecule has 1 aromatic rings. The summed E-state index contributed by atoms with van der Waals surface area (Å²) in [6.45, 7) is 5.59. The average Bonchev–Trinajstić information content (AvgIpc) is 2.52. The molecule has 0 radical (unpaired) electrons. The van der Waals surface area contributed by atoms with Gasteiger partial charge in [0, 0.05) is 0 Å². The monoisotopic (exact) mass is 322 g/mol. The van der Waals surface area contributed by atoms with E-state index in [0.717, 1.165) is 12.0 Å². The van der Waals surface area contributed by atoms with Crippen molar-refractivity contribution in [2.45, 2.75) is 46.1 Å². The zero-order valence-electron chi connectivity index (χ0n) is 14.1. The molecule has 0 aliphatic heterocycles. The lowest BCUT2D eigenvalue weighted by molar-refractivity contribution is -0.155. The molecule has 128 valence electrons. The van der Waals surface area contributed by atoms with Gasteiger partial charge in [-0.1, -0.05) is 36.8 Å². The van der Waals surface area contributed by atoms with Gasteiger partial charge in [-0.25, -0.2) is 0 Å². The molecule has 5 heteroatoms. The van der Waals surface area contributed by atoms with Crippen molar-refractivity contribution in [3.05, 3.63) is 35.4 Å². The maximum atomic E-state index is 11.6. The Morgan fingerprint density at radius 3 is 2.43 bits per heavy atom. The Balaban J connectivity index is 2.24. The zero-order chi connectivity index (χ0) is 17.2. The van der Waals surface area contributed by atoms with Gasteiger partial charge >= 0.3 is 11.9 Å². The van der Waals surface area contributed by atoms with Crippen LogP contribution in [0, 0.1) is 12.8 Å². The van der Waals surface area contributed by atoms with Crippen LogP contribution in [-0.4, -0.2) is 36.4 Å². The summed E-state index contributed by atoms with van der Waals surface area (Å²) >= 11 is 0. The van der Waals surface area contributed by atoms with Crippen LogP contribution in [0.4, 0.5) is 0 Å². The van der Waals surface area contributed by atoms with E-state index in [9.17, 15) is 14.7 Å². The van der Waals surface area contributed by atoms with E-state index in [2.05, 4.69) is 0 Å². The molecule has 0 saturated heterocycles. The molecule has 1 N–H and O–H groups in total. The third-order valence-electron chi connectivity index (χ3n) is 3.49. The quantitative estimate of drug-likeness (QED) is 0.707. The number of rotatable bonds is 9. The lowest BCUT2D eigenvalue weighted by Gasteiger charge is -2.13. The van der Waals surface area contributed by atoms with Gasteiger partial charge in [-0.3, -0.25) is 9.59 Å². The molecule has 5 nitrogen and oxygen atoms in total. The number of aliphatic hydroxyl groups excluding tert-OH is 1. The van der Waals surface area contributed by atoms with E-state index in [1.807, 2.05) is 31.2 Å². The summed E-state index contributed by atoms with van der Waals surface area (Å²) in [4.78, 5) is 23.1. The topological polar surface area (TPSA) is 72.8 Å². The van der Waals surface area contributed by atoms with Gasteiger partial charge in [0.05, 0.1) is 25.0 Å². The van der Waals surface area contributed by atoms with Gasteiger partial charge in [-0.15, -0.1) is 0 Å². The summed E-state index contributed by atoms with van der Waals surface area (Å²) in [6, 6.07) is 8.10. The highest BCUT2D eigenvalue weighted by Gasteiger charge is 2.19. The number of hydrogen-bond acceptors (Lipinski definition) is 5. The number of carbonyl (C=O) groups is 2. The van der Waals surface area contributed by atoms with Crippen LogP contribution < -0.4 is 0 Å². The fourth-order valence-electron chi connectivity index (χ4n) is 2.04.